The molecule has 6 rings (SSSR count). The van der Waals surface area contributed by atoms with Crippen LogP contribution < -0.4 is 10.6 Å². The molecule has 0 radical (unpaired) electrons. The van der Waals surface area contributed by atoms with Crippen LogP contribution in [0.1, 0.15) is 69.0 Å². The molecule has 0 amide bonds. The van der Waals surface area contributed by atoms with E-state index in [1.165, 1.54) is 6.20 Å². The van der Waals surface area contributed by atoms with Gasteiger partial charge < -0.3 is 10.6 Å². The first-order valence-electron chi connectivity index (χ1n) is 13.7. The van der Waals surface area contributed by atoms with Gasteiger partial charge in [-0.3, -0.25) is 9.67 Å². The number of benzene rings is 2. The van der Waals surface area contributed by atoms with Crippen molar-refractivity contribution in [2.24, 2.45) is 12.5 Å². The third-order valence-electron chi connectivity index (χ3n) is 7.79. The highest BCUT2D eigenvalue weighted by Gasteiger charge is 2.41. The third-order valence-corrected chi connectivity index (χ3v) is 7.79. The van der Waals surface area contributed by atoms with Gasteiger partial charge in [0.05, 0.1) is 51.8 Å². The summed E-state index contributed by atoms with van der Waals surface area (Å²) in [5.41, 5.74) is 5.53. The van der Waals surface area contributed by atoms with Gasteiger partial charge in [-0.05, 0) is 48.9 Å². The Morgan fingerprint density at radius 1 is 1.07 bits per heavy atom. The van der Waals surface area contributed by atoms with Gasteiger partial charge in [0.25, 0.3) is 0 Å². The van der Waals surface area contributed by atoms with Crippen LogP contribution in [-0.2, 0) is 12.6 Å². The van der Waals surface area contributed by atoms with Crippen molar-refractivity contribution >= 4 is 33.2 Å². The van der Waals surface area contributed by atoms with Gasteiger partial charge in [0.15, 0.2) is 0 Å². The molecule has 0 saturated heterocycles. The molecule has 0 aliphatic heterocycles. The zero-order valence-corrected chi connectivity index (χ0v) is 23.9. The van der Waals surface area contributed by atoms with Crippen LogP contribution in [-0.4, -0.2) is 36.3 Å². The van der Waals surface area contributed by atoms with Gasteiger partial charge in [-0.2, -0.15) is 15.6 Å². The van der Waals surface area contributed by atoms with Crippen LogP contribution in [0.3, 0.4) is 0 Å². The van der Waals surface area contributed by atoms with Crippen molar-refractivity contribution < 1.29 is 0 Å². The molecule has 2 N–H and O–H groups in total. The van der Waals surface area contributed by atoms with E-state index in [1.54, 1.807) is 6.07 Å². The molecular weight excluding hydrogens is 512 g/mol. The molecule has 1 fully saturated rings. The van der Waals surface area contributed by atoms with Crippen molar-refractivity contribution in [1.29, 1.82) is 10.5 Å². The van der Waals surface area contributed by atoms with Gasteiger partial charge in [0.2, 0.25) is 0 Å². The molecular formula is C31H32N10. The minimum absolute atomic E-state index is 0.0000285. The van der Waals surface area contributed by atoms with Crippen LogP contribution in [0.2, 0.25) is 0 Å². The quantitative estimate of drug-likeness (QED) is 0.270. The van der Waals surface area contributed by atoms with Crippen LogP contribution in [0.4, 0.5) is 11.4 Å². The van der Waals surface area contributed by atoms with Crippen LogP contribution in [0, 0.1) is 28.1 Å². The van der Waals surface area contributed by atoms with E-state index in [-0.39, 0.29) is 17.0 Å². The van der Waals surface area contributed by atoms with E-state index >= 15 is 0 Å². The Kier molecular flexibility index (Phi) is 6.15. The second kappa shape index (κ2) is 9.60. The standard InChI is InChI=1S/C31H32N10/c1-30(2,3)18-35-28-20(14-33)15-34-27-19(13-32)11-21(12-23(27)28)37-29(25-17-41(39-38-25)31(4)9-10-31)22-7-6-8-26-24(22)16-36-40(26)5/h6-8,11-12,15-17,29,37H,9-10,18H2,1-5H3,(H,34,35). The number of nitrogens with zero attached hydrogens (tertiary/aromatic N) is 8. The monoisotopic (exact) mass is 544 g/mol. The maximum atomic E-state index is 10.1. The van der Waals surface area contributed by atoms with Gasteiger partial charge in [-0.25, -0.2) is 4.68 Å². The summed E-state index contributed by atoms with van der Waals surface area (Å²) >= 11 is 0. The van der Waals surface area contributed by atoms with Crippen LogP contribution in [0.15, 0.2) is 48.9 Å². The van der Waals surface area contributed by atoms with E-state index in [0.717, 1.165) is 35.0 Å². The van der Waals surface area contributed by atoms with Crippen molar-refractivity contribution in [3.8, 4) is 12.1 Å². The lowest BCUT2D eigenvalue weighted by Gasteiger charge is -2.22. The molecule has 10 heteroatoms. The Balaban J connectivity index is 1.51. The highest BCUT2D eigenvalue weighted by Crippen LogP contribution is 2.43. The fraction of sp³-hybridized carbons (Fsp3) is 0.355. The molecule has 5 aromatic rings. The number of hydrogen-bond donors (Lipinski definition) is 2. The Hall–Kier alpha value is -4.96. The van der Waals surface area contributed by atoms with Crippen LogP contribution in [0.25, 0.3) is 21.8 Å². The van der Waals surface area contributed by atoms with E-state index in [4.69, 9.17) is 0 Å². The highest BCUT2D eigenvalue weighted by atomic mass is 15.5. The summed E-state index contributed by atoms with van der Waals surface area (Å²) in [6.07, 6.45) is 7.55. The Labute approximate surface area is 238 Å². The summed E-state index contributed by atoms with van der Waals surface area (Å²) < 4.78 is 3.81. The summed E-state index contributed by atoms with van der Waals surface area (Å²) in [4.78, 5) is 4.50. The fourth-order valence-corrected chi connectivity index (χ4v) is 5.11. The molecule has 10 nitrogen and oxygen atoms in total. The topological polar surface area (TPSA) is 133 Å². The molecule has 1 aliphatic rings. The number of nitriles is 2. The van der Waals surface area contributed by atoms with Gasteiger partial charge in [0.1, 0.15) is 17.8 Å². The number of aromatic nitrogens is 6. The average Bonchev–Trinajstić information content (AvgIpc) is 3.32. The molecule has 0 spiro atoms. The molecule has 1 unspecified atom stereocenters. The number of nitrogens with one attached hydrogen (secondary N) is 2. The molecule has 1 saturated carbocycles. The van der Waals surface area contributed by atoms with Crippen molar-refractivity contribution in [2.45, 2.75) is 52.1 Å². The van der Waals surface area contributed by atoms with Crippen molar-refractivity contribution in [2.75, 3.05) is 17.2 Å². The van der Waals surface area contributed by atoms with E-state index in [9.17, 15) is 10.5 Å². The van der Waals surface area contributed by atoms with E-state index in [2.05, 4.69) is 76.9 Å². The van der Waals surface area contributed by atoms with Crippen molar-refractivity contribution in [3.63, 3.8) is 0 Å². The largest absolute Gasteiger partial charge is 0.383 e. The average molecular weight is 545 g/mol. The zero-order chi connectivity index (χ0) is 28.9. The first-order valence-corrected chi connectivity index (χ1v) is 13.7. The predicted octanol–water partition coefficient (Wildman–Crippen LogP) is 5.62. The van der Waals surface area contributed by atoms with E-state index in [0.29, 0.717) is 39.9 Å². The number of hydrogen-bond acceptors (Lipinski definition) is 8. The molecule has 3 heterocycles. The minimum atomic E-state index is -0.374. The number of rotatable bonds is 7. The van der Waals surface area contributed by atoms with E-state index < -0.39 is 0 Å². The lowest BCUT2D eigenvalue weighted by atomic mass is 9.96. The van der Waals surface area contributed by atoms with Gasteiger partial charge in [-0.15, -0.1) is 5.10 Å². The van der Waals surface area contributed by atoms with Crippen LogP contribution in [0.5, 0.6) is 0 Å². The zero-order valence-electron chi connectivity index (χ0n) is 23.9. The van der Waals surface area contributed by atoms with Gasteiger partial charge in [0, 0.05) is 36.2 Å². The lowest BCUT2D eigenvalue weighted by molar-refractivity contribution is 0.443. The summed E-state index contributed by atoms with van der Waals surface area (Å²) in [6.45, 7) is 9.21. The Bertz CT molecular complexity index is 1870. The van der Waals surface area contributed by atoms with Crippen molar-refractivity contribution in [1.82, 2.24) is 29.8 Å². The number of pyridine rings is 1. The van der Waals surface area contributed by atoms with E-state index in [1.807, 2.05) is 47.0 Å². The minimum Gasteiger partial charge on any atom is -0.383 e. The summed E-state index contributed by atoms with van der Waals surface area (Å²) in [5, 5.41) is 42.4. The maximum Gasteiger partial charge on any atom is 0.110 e. The lowest BCUT2D eigenvalue weighted by Crippen LogP contribution is -2.20. The van der Waals surface area contributed by atoms with Gasteiger partial charge in [-0.1, -0.05) is 38.1 Å². The Morgan fingerprint density at radius 2 is 1.85 bits per heavy atom. The smallest absolute Gasteiger partial charge is 0.110 e. The number of anilines is 2. The number of aryl methyl sites for hydroxylation is 1. The first-order chi connectivity index (χ1) is 19.6. The molecule has 0 bridgehead atoms. The maximum absolute atomic E-state index is 10.1. The predicted molar refractivity (Wildman–Crippen MR) is 158 cm³/mol. The second-order valence-electron chi connectivity index (χ2n) is 12.3. The number of fused-ring (bicyclic) bond motifs is 2. The summed E-state index contributed by atoms with van der Waals surface area (Å²) in [5.74, 6) is 0. The third kappa shape index (κ3) is 4.82. The molecule has 2 aromatic carbocycles. The first kappa shape index (κ1) is 26.3. The van der Waals surface area contributed by atoms with Crippen molar-refractivity contribution in [3.05, 3.63) is 71.3 Å². The molecule has 3 aromatic heterocycles. The SMILES string of the molecule is Cn1ncc2c(C(Nc3cc(C#N)c4ncc(C#N)c(NCC(C)(C)C)c4c3)c3cn(C4(C)CC4)nn3)cccc21. The normalized spacial score (nSPS) is 14.9. The highest BCUT2D eigenvalue weighted by molar-refractivity contribution is 5.99. The second-order valence-corrected chi connectivity index (χ2v) is 12.3. The fourth-order valence-electron chi connectivity index (χ4n) is 5.11. The summed E-state index contributed by atoms with van der Waals surface area (Å²) in [7, 11) is 1.92. The summed E-state index contributed by atoms with van der Waals surface area (Å²) in [6, 6.07) is 14.1. The van der Waals surface area contributed by atoms with Gasteiger partial charge >= 0.3 is 0 Å². The molecule has 1 atom stereocenters. The van der Waals surface area contributed by atoms with Crippen LogP contribution >= 0.6 is 0 Å². The molecule has 41 heavy (non-hydrogen) atoms. The molecule has 206 valence electrons. The Morgan fingerprint density at radius 3 is 2.56 bits per heavy atom. The molecule has 1 aliphatic carbocycles.